The number of aromatic nitrogens is 1. The average molecular weight is 465 g/mol. The third kappa shape index (κ3) is 5.14. The van der Waals surface area contributed by atoms with Crippen molar-refractivity contribution in [2.45, 2.75) is 39.8 Å². The van der Waals surface area contributed by atoms with E-state index in [1.165, 1.54) is 12.1 Å². The molecular weight excluding hydrogens is 431 g/mol. The molecule has 180 valence electrons. The summed E-state index contributed by atoms with van der Waals surface area (Å²) >= 11 is 0. The van der Waals surface area contributed by atoms with Gasteiger partial charge in [-0.05, 0) is 63.7 Å². The van der Waals surface area contributed by atoms with Crippen LogP contribution in [0.5, 0.6) is 0 Å². The molecule has 0 spiro atoms. The zero-order valence-corrected chi connectivity index (χ0v) is 20.4. The topological polar surface area (TPSA) is 52.8 Å². The van der Waals surface area contributed by atoms with Gasteiger partial charge >= 0.3 is 0 Å². The van der Waals surface area contributed by atoms with Crippen molar-refractivity contribution in [1.29, 1.82) is 0 Å². The number of hydrogen-bond acceptors (Lipinski definition) is 5. The molecule has 0 bridgehead atoms. The van der Waals surface area contributed by atoms with Crippen LogP contribution in [0.1, 0.15) is 41.8 Å². The number of piperazine rings is 1. The van der Waals surface area contributed by atoms with E-state index in [1.807, 2.05) is 36.1 Å². The summed E-state index contributed by atoms with van der Waals surface area (Å²) in [5, 5.41) is 4.40. The molecule has 1 aromatic heterocycles. The summed E-state index contributed by atoms with van der Waals surface area (Å²) in [7, 11) is 2.10. The van der Waals surface area contributed by atoms with Crippen LogP contribution in [-0.2, 0) is 6.54 Å². The molecule has 1 saturated heterocycles. The van der Waals surface area contributed by atoms with Gasteiger partial charge in [0.05, 0.1) is 12.1 Å². The fourth-order valence-corrected chi connectivity index (χ4v) is 4.22. The molecule has 6 nitrogen and oxygen atoms in total. The number of benzene rings is 2. The minimum absolute atomic E-state index is 0.0186. The second-order valence-corrected chi connectivity index (χ2v) is 9.17. The van der Waals surface area contributed by atoms with Crippen LogP contribution < -0.4 is 4.90 Å². The number of nitrogens with zero attached hydrogens (tertiary/aromatic N) is 4. The molecule has 3 aromatic rings. The quantitative estimate of drug-likeness (QED) is 0.494. The van der Waals surface area contributed by atoms with Crippen LogP contribution in [0.25, 0.3) is 11.3 Å². The highest BCUT2D eigenvalue weighted by Gasteiger charge is 2.29. The maximum Gasteiger partial charge on any atom is 0.254 e. The van der Waals surface area contributed by atoms with Crippen molar-refractivity contribution in [3.63, 3.8) is 0 Å². The Balaban J connectivity index is 1.74. The number of hydrogen-bond donors (Lipinski definition) is 0. The summed E-state index contributed by atoms with van der Waals surface area (Å²) in [5.74, 6) is 0.367. The molecular formula is C27H33FN4O2. The number of aryl methyl sites for hydroxylation is 1. The van der Waals surface area contributed by atoms with E-state index in [0.29, 0.717) is 23.7 Å². The lowest BCUT2D eigenvalue weighted by molar-refractivity contribution is 0.0672. The summed E-state index contributed by atoms with van der Waals surface area (Å²) in [6.45, 7) is 9.98. The Morgan fingerprint density at radius 1 is 1.09 bits per heavy atom. The molecule has 2 aromatic carbocycles. The first-order chi connectivity index (χ1) is 16.4. The number of halogens is 1. The highest BCUT2D eigenvalue weighted by Crippen LogP contribution is 2.34. The first-order valence-electron chi connectivity index (χ1n) is 11.9. The molecule has 2 heterocycles. The van der Waals surface area contributed by atoms with Gasteiger partial charge in [-0.1, -0.05) is 29.8 Å². The lowest BCUT2D eigenvalue weighted by Gasteiger charge is -2.33. The van der Waals surface area contributed by atoms with E-state index in [9.17, 15) is 9.18 Å². The van der Waals surface area contributed by atoms with Gasteiger partial charge in [-0.25, -0.2) is 4.39 Å². The zero-order valence-electron chi connectivity index (χ0n) is 20.4. The van der Waals surface area contributed by atoms with Crippen LogP contribution in [0, 0.1) is 12.7 Å². The Kier molecular flexibility index (Phi) is 7.32. The van der Waals surface area contributed by atoms with Crippen LogP contribution in [0.4, 0.5) is 10.3 Å². The predicted octanol–water partition coefficient (Wildman–Crippen LogP) is 4.98. The number of carbonyl (C=O) groups is 1. The van der Waals surface area contributed by atoms with Crippen LogP contribution in [0.3, 0.4) is 0 Å². The largest absolute Gasteiger partial charge is 0.338 e. The van der Waals surface area contributed by atoms with Crippen molar-refractivity contribution in [3.05, 3.63) is 71.0 Å². The first kappa shape index (κ1) is 24.0. The van der Waals surface area contributed by atoms with E-state index in [4.69, 9.17) is 4.52 Å². The van der Waals surface area contributed by atoms with Gasteiger partial charge in [-0.3, -0.25) is 4.79 Å². The molecule has 7 heteroatoms. The second-order valence-electron chi connectivity index (χ2n) is 9.17. The Bertz CT molecular complexity index is 1100. The van der Waals surface area contributed by atoms with Gasteiger partial charge in [-0.15, -0.1) is 0 Å². The molecule has 0 aliphatic carbocycles. The normalized spacial score (nSPS) is 15.4. The van der Waals surface area contributed by atoms with Crippen molar-refractivity contribution in [1.82, 2.24) is 15.0 Å². The lowest BCUT2D eigenvalue weighted by atomic mass is 10.0. The molecule has 0 unspecified atom stereocenters. The van der Waals surface area contributed by atoms with Gasteiger partial charge in [0.1, 0.15) is 11.5 Å². The summed E-state index contributed by atoms with van der Waals surface area (Å²) in [6, 6.07) is 14.0. The predicted molar refractivity (Wildman–Crippen MR) is 132 cm³/mol. The molecule has 0 saturated carbocycles. The zero-order chi connectivity index (χ0) is 24.2. The fraction of sp³-hybridized carbons (Fsp3) is 0.407. The van der Waals surface area contributed by atoms with Crippen molar-refractivity contribution in [2.24, 2.45) is 0 Å². The maximum atomic E-state index is 13.6. The Hall–Kier alpha value is -3.19. The third-order valence-electron chi connectivity index (χ3n) is 6.69. The van der Waals surface area contributed by atoms with Gasteiger partial charge in [0.15, 0.2) is 0 Å². The van der Waals surface area contributed by atoms with Crippen LogP contribution >= 0.6 is 0 Å². The summed E-state index contributed by atoms with van der Waals surface area (Å²) in [4.78, 5) is 20.0. The van der Waals surface area contributed by atoms with E-state index < -0.39 is 0 Å². The van der Waals surface area contributed by atoms with E-state index in [2.05, 4.69) is 35.9 Å². The monoisotopic (exact) mass is 464 g/mol. The standard InChI is InChI=1S/C27H33FN4O2/c1-5-20(3)32(26(33)22-8-6-19(2)7-9-22)18-24-25(21-10-12-23(28)13-11-21)29-34-27(24)31-16-14-30(4)15-17-31/h6-13,20H,5,14-18H2,1-4H3/t20-/m1/s1. The van der Waals surface area contributed by atoms with Gasteiger partial charge in [0, 0.05) is 43.3 Å². The third-order valence-corrected chi connectivity index (χ3v) is 6.69. The van der Waals surface area contributed by atoms with E-state index >= 15 is 0 Å². The maximum absolute atomic E-state index is 13.6. The highest BCUT2D eigenvalue weighted by molar-refractivity contribution is 5.94. The van der Waals surface area contributed by atoms with Gasteiger partial charge in [0.2, 0.25) is 5.88 Å². The minimum Gasteiger partial charge on any atom is -0.338 e. The van der Waals surface area contributed by atoms with Crippen LogP contribution in [0.2, 0.25) is 0 Å². The molecule has 0 N–H and O–H groups in total. The Labute approximate surface area is 200 Å². The molecule has 1 fully saturated rings. The second kappa shape index (κ2) is 10.4. The minimum atomic E-state index is -0.302. The smallest absolute Gasteiger partial charge is 0.254 e. The number of anilines is 1. The SMILES string of the molecule is CC[C@@H](C)N(Cc1c(-c2ccc(F)cc2)noc1N1CCN(C)CC1)C(=O)c1ccc(C)cc1. The van der Waals surface area contributed by atoms with E-state index in [1.54, 1.807) is 12.1 Å². The molecule has 1 aliphatic rings. The lowest BCUT2D eigenvalue weighted by Crippen LogP contribution is -2.45. The molecule has 1 atom stereocenters. The summed E-state index contributed by atoms with van der Waals surface area (Å²) in [6.07, 6.45) is 0.818. The fourth-order valence-electron chi connectivity index (χ4n) is 4.22. The number of likely N-dealkylation sites (N-methyl/N-ethyl adjacent to an activating group) is 1. The Morgan fingerprint density at radius 2 is 1.74 bits per heavy atom. The highest BCUT2D eigenvalue weighted by atomic mass is 19.1. The molecule has 4 rings (SSSR count). The van der Waals surface area contributed by atoms with Gasteiger partial charge < -0.3 is 19.2 Å². The van der Waals surface area contributed by atoms with Crippen molar-refractivity contribution >= 4 is 11.8 Å². The van der Waals surface area contributed by atoms with Crippen molar-refractivity contribution < 1.29 is 13.7 Å². The number of carbonyl (C=O) groups excluding carboxylic acids is 1. The van der Waals surface area contributed by atoms with Gasteiger partial charge in [0.25, 0.3) is 5.91 Å². The summed E-state index contributed by atoms with van der Waals surface area (Å²) < 4.78 is 19.5. The average Bonchev–Trinajstić information content (AvgIpc) is 3.26. The molecule has 1 amide bonds. The van der Waals surface area contributed by atoms with E-state index in [-0.39, 0.29) is 17.8 Å². The van der Waals surface area contributed by atoms with Crippen LogP contribution in [0.15, 0.2) is 53.1 Å². The molecule has 0 radical (unpaired) electrons. The van der Waals surface area contributed by atoms with Gasteiger partial charge in [-0.2, -0.15) is 0 Å². The number of rotatable bonds is 7. The van der Waals surface area contributed by atoms with Crippen molar-refractivity contribution in [2.75, 3.05) is 38.1 Å². The van der Waals surface area contributed by atoms with Crippen molar-refractivity contribution in [3.8, 4) is 11.3 Å². The number of amides is 1. The molecule has 1 aliphatic heterocycles. The molecule has 34 heavy (non-hydrogen) atoms. The summed E-state index contributed by atoms with van der Waals surface area (Å²) in [5.41, 5.74) is 4.05. The Morgan fingerprint density at radius 3 is 2.35 bits per heavy atom. The van der Waals surface area contributed by atoms with Crippen LogP contribution in [-0.4, -0.2) is 60.1 Å². The van der Waals surface area contributed by atoms with E-state index in [0.717, 1.165) is 49.3 Å². The first-order valence-corrected chi connectivity index (χ1v) is 11.9.